The molecule has 0 aliphatic heterocycles. The summed E-state index contributed by atoms with van der Waals surface area (Å²) in [4.78, 5) is 0. The van der Waals surface area contributed by atoms with E-state index < -0.39 is 0 Å². The summed E-state index contributed by atoms with van der Waals surface area (Å²) in [6.07, 6.45) is 5.33. The van der Waals surface area contributed by atoms with E-state index in [2.05, 4.69) is 55.4 Å². The average molecular weight is 477 g/mol. The zero-order chi connectivity index (χ0) is 25.6. The third-order valence-corrected chi connectivity index (χ3v) is 6.01. The van der Waals surface area contributed by atoms with E-state index in [1.54, 1.807) is 7.11 Å². The smallest absolute Gasteiger partial charge is 0.104 e. The Balaban J connectivity index is 4.34. The van der Waals surface area contributed by atoms with E-state index >= 15 is 0 Å². The molecule has 0 radical (unpaired) electrons. The molecule has 0 saturated heterocycles. The van der Waals surface area contributed by atoms with Gasteiger partial charge in [0.2, 0.25) is 0 Å². The van der Waals surface area contributed by atoms with E-state index in [4.69, 9.17) is 35.2 Å². The number of nitrogens with two attached hydrogens (primary N) is 2. The Morgan fingerprint density at radius 3 is 1.18 bits per heavy atom. The standard InChI is InChI=1S/C26H56N2O5/c1-23(2,12-10-16-27)30-18-14-25(5,6)32-20-22(29-9)21-33-26(7,8)15-19-31-24(3,4)13-11-17-28/h22H,10-21,27-28H2,1-9H3. The molecule has 0 aromatic heterocycles. The molecular weight excluding hydrogens is 420 g/mol. The maximum atomic E-state index is 6.17. The number of hydrogen-bond donors (Lipinski definition) is 2. The first kappa shape index (κ1) is 32.7. The lowest BCUT2D eigenvalue weighted by Crippen LogP contribution is -2.37. The quantitative estimate of drug-likeness (QED) is 0.253. The predicted octanol–water partition coefficient (Wildman–Crippen LogP) is 4.44. The zero-order valence-electron chi connectivity index (χ0n) is 23.3. The lowest BCUT2D eigenvalue weighted by atomic mass is 10.0. The van der Waals surface area contributed by atoms with Crippen molar-refractivity contribution in [1.29, 1.82) is 0 Å². The van der Waals surface area contributed by atoms with Gasteiger partial charge in [0, 0.05) is 7.11 Å². The van der Waals surface area contributed by atoms with E-state index in [-0.39, 0.29) is 28.5 Å². The van der Waals surface area contributed by atoms with Gasteiger partial charge in [-0.1, -0.05) is 0 Å². The fourth-order valence-electron chi connectivity index (χ4n) is 3.31. The molecular formula is C26H56N2O5. The molecule has 0 bridgehead atoms. The van der Waals surface area contributed by atoms with Gasteiger partial charge in [-0.2, -0.15) is 0 Å². The third kappa shape index (κ3) is 17.8. The van der Waals surface area contributed by atoms with Crippen LogP contribution in [0.2, 0.25) is 0 Å². The highest BCUT2D eigenvalue weighted by Crippen LogP contribution is 2.23. The fraction of sp³-hybridized carbons (Fsp3) is 1.00. The number of ether oxygens (including phenoxy) is 5. The summed E-state index contributed by atoms with van der Waals surface area (Å²) in [6.45, 7) is 20.4. The van der Waals surface area contributed by atoms with Crippen LogP contribution in [0.1, 0.15) is 93.9 Å². The molecule has 0 spiro atoms. The van der Waals surface area contributed by atoms with Gasteiger partial charge in [0.15, 0.2) is 0 Å². The monoisotopic (exact) mass is 476 g/mol. The second-order valence-corrected chi connectivity index (χ2v) is 11.5. The van der Waals surface area contributed by atoms with Crippen molar-refractivity contribution in [1.82, 2.24) is 0 Å². The Kier molecular flexibility index (Phi) is 15.5. The van der Waals surface area contributed by atoms with Gasteiger partial charge in [0.05, 0.1) is 48.8 Å². The molecule has 0 fully saturated rings. The Bertz CT molecular complexity index is 453. The van der Waals surface area contributed by atoms with Crippen LogP contribution in [0.15, 0.2) is 0 Å². The highest BCUT2D eigenvalue weighted by Gasteiger charge is 2.26. The van der Waals surface area contributed by atoms with Crippen molar-refractivity contribution >= 4 is 0 Å². The first-order valence-corrected chi connectivity index (χ1v) is 12.7. The molecule has 0 heterocycles. The normalized spacial score (nSPS) is 13.8. The summed E-state index contributed by atoms with van der Waals surface area (Å²) in [7, 11) is 1.70. The lowest BCUT2D eigenvalue weighted by Gasteiger charge is -2.32. The van der Waals surface area contributed by atoms with Crippen molar-refractivity contribution < 1.29 is 23.7 Å². The molecule has 0 atom stereocenters. The number of methoxy groups -OCH3 is 1. The van der Waals surface area contributed by atoms with Gasteiger partial charge < -0.3 is 35.2 Å². The molecule has 200 valence electrons. The minimum absolute atomic E-state index is 0.132. The first-order chi connectivity index (χ1) is 15.2. The molecule has 0 saturated carbocycles. The second kappa shape index (κ2) is 15.7. The molecule has 0 unspecified atom stereocenters. The molecule has 0 aromatic rings. The molecule has 4 N–H and O–H groups in total. The molecule has 0 aliphatic rings. The maximum Gasteiger partial charge on any atom is 0.104 e. The van der Waals surface area contributed by atoms with E-state index in [0.29, 0.717) is 39.5 Å². The predicted molar refractivity (Wildman–Crippen MR) is 137 cm³/mol. The van der Waals surface area contributed by atoms with Crippen LogP contribution in [0.25, 0.3) is 0 Å². The average Bonchev–Trinajstić information content (AvgIpc) is 2.70. The van der Waals surface area contributed by atoms with Gasteiger partial charge >= 0.3 is 0 Å². The molecule has 0 amide bonds. The molecule has 7 nitrogen and oxygen atoms in total. The van der Waals surface area contributed by atoms with Gasteiger partial charge in [-0.25, -0.2) is 0 Å². The topological polar surface area (TPSA) is 98.2 Å². The molecule has 0 rings (SSSR count). The maximum absolute atomic E-state index is 6.17. The zero-order valence-corrected chi connectivity index (χ0v) is 23.3. The van der Waals surface area contributed by atoms with E-state index in [1.165, 1.54) is 0 Å². The van der Waals surface area contributed by atoms with Crippen molar-refractivity contribution in [2.24, 2.45) is 11.5 Å². The summed E-state index contributed by atoms with van der Waals surface area (Å²) in [6, 6.07) is 0. The van der Waals surface area contributed by atoms with Crippen LogP contribution in [0.5, 0.6) is 0 Å². The van der Waals surface area contributed by atoms with Crippen molar-refractivity contribution in [2.45, 2.75) is 122 Å². The van der Waals surface area contributed by atoms with Gasteiger partial charge in [0.25, 0.3) is 0 Å². The Morgan fingerprint density at radius 2 is 0.879 bits per heavy atom. The van der Waals surface area contributed by atoms with E-state index in [9.17, 15) is 0 Å². The number of rotatable bonds is 21. The molecule has 7 heteroatoms. The molecule has 33 heavy (non-hydrogen) atoms. The lowest BCUT2D eigenvalue weighted by molar-refractivity contribution is -0.133. The van der Waals surface area contributed by atoms with Crippen LogP contribution in [0.4, 0.5) is 0 Å². The van der Waals surface area contributed by atoms with Crippen LogP contribution in [0.3, 0.4) is 0 Å². The fourth-order valence-corrected chi connectivity index (χ4v) is 3.31. The van der Waals surface area contributed by atoms with Gasteiger partial charge in [0.1, 0.15) is 6.10 Å². The van der Waals surface area contributed by atoms with Crippen molar-refractivity contribution in [3.05, 3.63) is 0 Å². The van der Waals surface area contributed by atoms with E-state index in [1.807, 2.05) is 0 Å². The molecule has 0 aromatic carbocycles. The highest BCUT2D eigenvalue weighted by atomic mass is 16.6. The summed E-state index contributed by atoms with van der Waals surface area (Å²) in [5.74, 6) is 0. The van der Waals surface area contributed by atoms with Crippen LogP contribution in [-0.4, -0.2) is 75.1 Å². The Hall–Kier alpha value is -0.280. The minimum Gasteiger partial charge on any atom is -0.377 e. The first-order valence-electron chi connectivity index (χ1n) is 12.7. The van der Waals surface area contributed by atoms with Crippen LogP contribution < -0.4 is 11.5 Å². The van der Waals surface area contributed by atoms with Gasteiger partial charge in [-0.15, -0.1) is 0 Å². The SMILES string of the molecule is COC(COC(C)(C)CCOC(C)(C)CCCN)COC(C)(C)CCOC(C)(C)CCCN. The largest absolute Gasteiger partial charge is 0.377 e. The van der Waals surface area contributed by atoms with Gasteiger partial charge in [-0.05, 0) is 107 Å². The highest BCUT2D eigenvalue weighted by molar-refractivity contribution is 4.75. The summed E-state index contributed by atoms with van der Waals surface area (Å²) >= 11 is 0. The van der Waals surface area contributed by atoms with Crippen LogP contribution in [-0.2, 0) is 23.7 Å². The van der Waals surface area contributed by atoms with E-state index in [0.717, 1.165) is 38.5 Å². The second-order valence-electron chi connectivity index (χ2n) is 11.5. The summed E-state index contributed by atoms with van der Waals surface area (Å²) in [5, 5.41) is 0. The van der Waals surface area contributed by atoms with Crippen molar-refractivity contribution in [3.8, 4) is 0 Å². The van der Waals surface area contributed by atoms with Crippen LogP contribution in [0, 0.1) is 0 Å². The van der Waals surface area contributed by atoms with Crippen molar-refractivity contribution in [3.63, 3.8) is 0 Å². The summed E-state index contributed by atoms with van der Waals surface area (Å²) < 4.78 is 30.1. The van der Waals surface area contributed by atoms with Crippen LogP contribution >= 0.6 is 0 Å². The third-order valence-electron chi connectivity index (χ3n) is 6.01. The molecule has 0 aliphatic carbocycles. The summed E-state index contributed by atoms with van der Waals surface area (Å²) in [5.41, 5.74) is 10.3. The Morgan fingerprint density at radius 1 is 0.545 bits per heavy atom. The minimum atomic E-state index is -0.306. The van der Waals surface area contributed by atoms with Gasteiger partial charge in [-0.3, -0.25) is 0 Å². The van der Waals surface area contributed by atoms with Crippen molar-refractivity contribution in [2.75, 3.05) is 46.6 Å². The Labute approximate surface area is 204 Å². The number of hydrogen-bond acceptors (Lipinski definition) is 7.